The fraction of sp³-hybridized carbons (Fsp3) is 0.200. The number of nitrogens with two attached hydrogens (primary N) is 1. The van der Waals surface area contributed by atoms with Crippen molar-refractivity contribution in [3.8, 4) is 0 Å². The van der Waals surface area contributed by atoms with Crippen LogP contribution in [0.1, 0.15) is 28.3 Å². The molecule has 2 N–H and O–H groups in total. The standard InChI is InChI=1S/C15H15ClFN/c1-9-3-4-11(16)8-14(9)15(18)13-6-5-12(17)7-10(13)2/h3-8,15H,18H2,1-2H3. The van der Waals surface area contributed by atoms with E-state index in [0.29, 0.717) is 5.02 Å². The van der Waals surface area contributed by atoms with E-state index < -0.39 is 0 Å². The number of benzene rings is 2. The Labute approximate surface area is 111 Å². The van der Waals surface area contributed by atoms with Crippen molar-refractivity contribution >= 4 is 11.6 Å². The fourth-order valence-electron chi connectivity index (χ4n) is 2.10. The monoisotopic (exact) mass is 263 g/mol. The lowest BCUT2D eigenvalue weighted by molar-refractivity contribution is 0.624. The summed E-state index contributed by atoms with van der Waals surface area (Å²) in [6.45, 7) is 3.85. The second-order valence-corrected chi connectivity index (χ2v) is 4.92. The lowest BCUT2D eigenvalue weighted by Gasteiger charge is -2.17. The quantitative estimate of drug-likeness (QED) is 0.866. The maximum atomic E-state index is 13.1. The van der Waals surface area contributed by atoms with E-state index in [-0.39, 0.29) is 11.9 Å². The predicted octanol–water partition coefficient (Wildman–Crippen LogP) is 4.14. The third-order valence-corrected chi connectivity index (χ3v) is 3.38. The van der Waals surface area contributed by atoms with E-state index in [4.69, 9.17) is 17.3 Å². The van der Waals surface area contributed by atoms with Crippen molar-refractivity contribution in [2.24, 2.45) is 5.73 Å². The molecule has 1 atom stereocenters. The molecule has 0 bridgehead atoms. The summed E-state index contributed by atoms with van der Waals surface area (Å²) >= 11 is 6.00. The molecule has 0 radical (unpaired) electrons. The summed E-state index contributed by atoms with van der Waals surface area (Å²) in [5, 5.41) is 0.658. The third-order valence-electron chi connectivity index (χ3n) is 3.14. The predicted molar refractivity (Wildman–Crippen MR) is 73.4 cm³/mol. The van der Waals surface area contributed by atoms with E-state index in [1.54, 1.807) is 6.07 Å². The molecule has 2 rings (SSSR count). The molecule has 1 nitrogen and oxygen atoms in total. The first-order valence-corrected chi connectivity index (χ1v) is 6.14. The molecule has 0 aromatic heterocycles. The molecule has 0 amide bonds. The molecule has 0 saturated heterocycles. The highest BCUT2D eigenvalue weighted by atomic mass is 35.5. The Morgan fingerprint density at radius 2 is 1.72 bits per heavy atom. The molecule has 0 aliphatic carbocycles. The number of rotatable bonds is 2. The normalized spacial score (nSPS) is 12.5. The van der Waals surface area contributed by atoms with Gasteiger partial charge in [0, 0.05) is 5.02 Å². The smallest absolute Gasteiger partial charge is 0.123 e. The van der Waals surface area contributed by atoms with E-state index in [1.165, 1.54) is 12.1 Å². The van der Waals surface area contributed by atoms with Gasteiger partial charge in [0.05, 0.1) is 6.04 Å². The van der Waals surface area contributed by atoms with Crippen LogP contribution in [0.4, 0.5) is 4.39 Å². The van der Waals surface area contributed by atoms with Crippen LogP contribution in [-0.2, 0) is 0 Å². The second kappa shape index (κ2) is 5.09. The van der Waals surface area contributed by atoms with Gasteiger partial charge in [-0.1, -0.05) is 23.7 Å². The zero-order valence-corrected chi connectivity index (χ0v) is 11.1. The lowest BCUT2D eigenvalue weighted by atomic mass is 9.93. The Balaban J connectivity index is 2.47. The molecule has 0 spiro atoms. The summed E-state index contributed by atoms with van der Waals surface area (Å²) in [4.78, 5) is 0. The van der Waals surface area contributed by atoms with Crippen molar-refractivity contribution in [3.05, 3.63) is 69.5 Å². The number of halogens is 2. The summed E-state index contributed by atoms with van der Waals surface area (Å²) in [5.41, 5.74) is 10.1. The van der Waals surface area contributed by atoms with Crippen LogP contribution in [0.5, 0.6) is 0 Å². The van der Waals surface area contributed by atoms with Crippen molar-refractivity contribution in [1.29, 1.82) is 0 Å². The molecule has 0 saturated carbocycles. The summed E-state index contributed by atoms with van der Waals surface area (Å²) in [6.07, 6.45) is 0. The van der Waals surface area contributed by atoms with E-state index in [2.05, 4.69) is 0 Å². The Hall–Kier alpha value is -1.38. The van der Waals surface area contributed by atoms with Gasteiger partial charge in [-0.3, -0.25) is 0 Å². The van der Waals surface area contributed by atoms with Gasteiger partial charge in [0.15, 0.2) is 0 Å². The maximum absolute atomic E-state index is 13.1. The first-order valence-electron chi connectivity index (χ1n) is 5.76. The lowest BCUT2D eigenvalue weighted by Crippen LogP contribution is -2.14. The van der Waals surface area contributed by atoms with Crippen LogP contribution in [0, 0.1) is 19.7 Å². The van der Waals surface area contributed by atoms with Crippen LogP contribution in [0.2, 0.25) is 5.02 Å². The second-order valence-electron chi connectivity index (χ2n) is 4.48. The average molecular weight is 264 g/mol. The van der Waals surface area contributed by atoms with Gasteiger partial charge >= 0.3 is 0 Å². The minimum Gasteiger partial charge on any atom is -0.320 e. The Morgan fingerprint density at radius 3 is 2.39 bits per heavy atom. The van der Waals surface area contributed by atoms with Crippen LogP contribution in [-0.4, -0.2) is 0 Å². The Bertz CT molecular complexity index is 581. The SMILES string of the molecule is Cc1cc(F)ccc1C(N)c1cc(Cl)ccc1C. The van der Waals surface area contributed by atoms with Gasteiger partial charge in [0.1, 0.15) is 5.82 Å². The van der Waals surface area contributed by atoms with Gasteiger partial charge in [-0.15, -0.1) is 0 Å². The van der Waals surface area contributed by atoms with Crippen LogP contribution in [0.3, 0.4) is 0 Å². The van der Waals surface area contributed by atoms with E-state index in [0.717, 1.165) is 22.3 Å². The molecule has 0 aliphatic heterocycles. The summed E-state index contributed by atoms with van der Waals surface area (Å²) in [7, 11) is 0. The molecular formula is C15H15ClFN. The van der Waals surface area contributed by atoms with Gasteiger partial charge in [-0.2, -0.15) is 0 Å². The highest BCUT2D eigenvalue weighted by Crippen LogP contribution is 2.27. The van der Waals surface area contributed by atoms with Gasteiger partial charge in [0.25, 0.3) is 0 Å². The van der Waals surface area contributed by atoms with E-state index in [1.807, 2.05) is 32.0 Å². The van der Waals surface area contributed by atoms with Gasteiger partial charge in [0.2, 0.25) is 0 Å². The topological polar surface area (TPSA) is 26.0 Å². The number of aryl methyl sites for hydroxylation is 2. The van der Waals surface area contributed by atoms with Crippen molar-refractivity contribution < 1.29 is 4.39 Å². The molecule has 3 heteroatoms. The van der Waals surface area contributed by atoms with Crippen LogP contribution in [0.25, 0.3) is 0 Å². The summed E-state index contributed by atoms with van der Waals surface area (Å²) in [5.74, 6) is -0.244. The van der Waals surface area contributed by atoms with Crippen LogP contribution in [0.15, 0.2) is 36.4 Å². The molecule has 1 unspecified atom stereocenters. The van der Waals surface area contributed by atoms with Crippen molar-refractivity contribution in [2.45, 2.75) is 19.9 Å². The van der Waals surface area contributed by atoms with Crippen LogP contribution >= 0.6 is 11.6 Å². The average Bonchev–Trinajstić information content (AvgIpc) is 2.31. The van der Waals surface area contributed by atoms with Crippen molar-refractivity contribution in [3.63, 3.8) is 0 Å². The van der Waals surface area contributed by atoms with E-state index in [9.17, 15) is 4.39 Å². The largest absolute Gasteiger partial charge is 0.320 e. The first-order chi connectivity index (χ1) is 8.49. The van der Waals surface area contributed by atoms with E-state index >= 15 is 0 Å². The molecular weight excluding hydrogens is 249 g/mol. The van der Waals surface area contributed by atoms with Crippen LogP contribution < -0.4 is 5.73 Å². The summed E-state index contributed by atoms with van der Waals surface area (Å²) < 4.78 is 13.1. The zero-order chi connectivity index (χ0) is 13.3. The highest BCUT2D eigenvalue weighted by molar-refractivity contribution is 6.30. The molecule has 0 heterocycles. The van der Waals surface area contributed by atoms with Gasteiger partial charge < -0.3 is 5.73 Å². The van der Waals surface area contributed by atoms with Crippen molar-refractivity contribution in [2.75, 3.05) is 0 Å². The molecule has 2 aromatic carbocycles. The minimum absolute atomic E-state index is 0.244. The highest BCUT2D eigenvalue weighted by Gasteiger charge is 2.14. The molecule has 18 heavy (non-hydrogen) atoms. The minimum atomic E-state index is -0.288. The molecule has 94 valence electrons. The molecule has 0 aliphatic rings. The van der Waals surface area contributed by atoms with Crippen molar-refractivity contribution in [1.82, 2.24) is 0 Å². The maximum Gasteiger partial charge on any atom is 0.123 e. The third kappa shape index (κ3) is 2.55. The fourth-order valence-corrected chi connectivity index (χ4v) is 2.28. The Kier molecular flexibility index (Phi) is 3.69. The van der Waals surface area contributed by atoms with Gasteiger partial charge in [-0.25, -0.2) is 4.39 Å². The number of hydrogen-bond donors (Lipinski definition) is 1. The zero-order valence-electron chi connectivity index (χ0n) is 10.4. The summed E-state index contributed by atoms with van der Waals surface area (Å²) in [6, 6.07) is 10.0. The Morgan fingerprint density at radius 1 is 1.00 bits per heavy atom. The first kappa shape index (κ1) is 13.1. The molecule has 0 fully saturated rings. The molecule has 2 aromatic rings. The van der Waals surface area contributed by atoms with Gasteiger partial charge in [-0.05, 0) is 60.4 Å². The number of hydrogen-bond acceptors (Lipinski definition) is 1.